The summed E-state index contributed by atoms with van der Waals surface area (Å²) in [6, 6.07) is 0. The molecule has 0 amide bonds. The Labute approximate surface area is 141 Å². The summed E-state index contributed by atoms with van der Waals surface area (Å²) in [7, 11) is 1.41. The summed E-state index contributed by atoms with van der Waals surface area (Å²) in [6.07, 6.45) is 3.97. The Morgan fingerprint density at radius 1 is 0.957 bits per heavy atom. The molecule has 0 bridgehead atoms. The number of hydrogen-bond donors (Lipinski definition) is 0. The molecule has 0 heterocycles. The molecule has 0 spiro atoms. The van der Waals surface area contributed by atoms with E-state index in [-0.39, 0.29) is 36.2 Å². The second kappa shape index (κ2) is 18.4. The molecule has 0 fully saturated rings. The maximum absolute atomic E-state index is 11.0. The van der Waals surface area contributed by atoms with E-state index in [0.717, 1.165) is 18.9 Å². The number of ketones is 1. The van der Waals surface area contributed by atoms with Gasteiger partial charge in [0.1, 0.15) is 0 Å². The second-order valence-electron chi connectivity index (χ2n) is 5.13. The van der Waals surface area contributed by atoms with Crippen molar-refractivity contribution in [3.8, 4) is 0 Å². The maximum atomic E-state index is 11.0. The van der Waals surface area contributed by atoms with Crippen LogP contribution in [0.2, 0.25) is 0 Å². The van der Waals surface area contributed by atoms with Gasteiger partial charge in [-0.3, -0.25) is 14.4 Å². The minimum Gasteiger partial charge on any atom is -0.469 e. The van der Waals surface area contributed by atoms with Crippen molar-refractivity contribution in [1.82, 2.24) is 0 Å². The standard InChI is InChI=1S/C9H14O3.C6H12O2.C3H8/c1-4-7(3)9(11)12-6-8(10)5-2;1-4-5(2)6(7)8-3;1-3-2/h5,7H,2,4,6H2,1,3H3;5H,4H2,1-3H3;3H2,1-2H3. The predicted molar refractivity (Wildman–Crippen MR) is 93.1 cm³/mol. The number of carbonyl (C=O) groups excluding carboxylic acids is 3. The van der Waals surface area contributed by atoms with Crippen molar-refractivity contribution in [3.05, 3.63) is 12.7 Å². The van der Waals surface area contributed by atoms with Crippen LogP contribution < -0.4 is 0 Å². The van der Waals surface area contributed by atoms with Gasteiger partial charge in [-0.05, 0) is 18.9 Å². The van der Waals surface area contributed by atoms with Crippen LogP contribution >= 0.6 is 0 Å². The number of esters is 2. The van der Waals surface area contributed by atoms with Crippen LogP contribution in [0.25, 0.3) is 0 Å². The number of methoxy groups -OCH3 is 1. The van der Waals surface area contributed by atoms with Crippen molar-refractivity contribution in [2.45, 2.75) is 60.8 Å². The van der Waals surface area contributed by atoms with Crippen LogP contribution in [-0.2, 0) is 23.9 Å². The normalized spacial score (nSPS) is 11.4. The van der Waals surface area contributed by atoms with Crippen LogP contribution in [0.4, 0.5) is 0 Å². The van der Waals surface area contributed by atoms with E-state index in [4.69, 9.17) is 0 Å². The molecule has 0 aromatic carbocycles. The molecular weight excluding hydrogens is 296 g/mol. The summed E-state index contributed by atoms with van der Waals surface area (Å²) in [5.41, 5.74) is 0. The molecular formula is C18H34O5. The molecule has 0 N–H and O–H groups in total. The average molecular weight is 330 g/mol. The first kappa shape index (κ1) is 26.3. The fourth-order valence-electron chi connectivity index (χ4n) is 0.878. The first-order valence-electron chi connectivity index (χ1n) is 8.14. The van der Waals surface area contributed by atoms with Crippen LogP contribution in [0.1, 0.15) is 60.8 Å². The summed E-state index contributed by atoms with van der Waals surface area (Å²) < 4.78 is 9.15. The number of hydrogen-bond acceptors (Lipinski definition) is 5. The van der Waals surface area contributed by atoms with E-state index in [1.54, 1.807) is 6.92 Å². The lowest BCUT2D eigenvalue weighted by Gasteiger charge is -2.06. The van der Waals surface area contributed by atoms with E-state index >= 15 is 0 Å². The first-order chi connectivity index (χ1) is 10.7. The van der Waals surface area contributed by atoms with Gasteiger partial charge >= 0.3 is 11.9 Å². The zero-order chi connectivity index (χ0) is 18.8. The fourth-order valence-corrected chi connectivity index (χ4v) is 0.878. The number of rotatable bonds is 7. The van der Waals surface area contributed by atoms with E-state index in [1.165, 1.54) is 13.5 Å². The molecule has 0 aromatic heterocycles. The monoisotopic (exact) mass is 330 g/mol. The molecule has 0 radical (unpaired) electrons. The largest absolute Gasteiger partial charge is 0.469 e. The van der Waals surface area contributed by atoms with Crippen molar-refractivity contribution >= 4 is 17.7 Å². The average Bonchev–Trinajstić information content (AvgIpc) is 2.58. The molecule has 0 saturated carbocycles. The van der Waals surface area contributed by atoms with Crippen LogP contribution in [0.5, 0.6) is 0 Å². The molecule has 0 aromatic rings. The van der Waals surface area contributed by atoms with E-state index < -0.39 is 0 Å². The summed E-state index contributed by atoms with van der Waals surface area (Å²) >= 11 is 0. The van der Waals surface area contributed by atoms with Gasteiger partial charge in [0.15, 0.2) is 12.4 Å². The minimum absolute atomic E-state index is 0.0556. The third kappa shape index (κ3) is 18.3. The highest BCUT2D eigenvalue weighted by Gasteiger charge is 2.12. The van der Waals surface area contributed by atoms with Crippen molar-refractivity contribution < 1.29 is 23.9 Å². The highest BCUT2D eigenvalue weighted by Crippen LogP contribution is 2.02. The third-order valence-electron chi connectivity index (χ3n) is 2.82. The Morgan fingerprint density at radius 3 is 1.61 bits per heavy atom. The SMILES string of the molecule is C=CC(=O)COC(=O)C(C)CC.CCC.CCC(C)C(=O)OC. The Hall–Kier alpha value is -1.65. The lowest BCUT2D eigenvalue weighted by atomic mass is 10.1. The van der Waals surface area contributed by atoms with Crippen molar-refractivity contribution in [2.24, 2.45) is 11.8 Å². The van der Waals surface area contributed by atoms with Gasteiger partial charge in [0, 0.05) is 0 Å². The van der Waals surface area contributed by atoms with Crippen LogP contribution in [0.3, 0.4) is 0 Å². The molecule has 2 atom stereocenters. The molecule has 5 nitrogen and oxygen atoms in total. The smallest absolute Gasteiger partial charge is 0.309 e. The Balaban J connectivity index is -0.000000313. The first-order valence-corrected chi connectivity index (χ1v) is 8.14. The van der Waals surface area contributed by atoms with Crippen LogP contribution in [0.15, 0.2) is 12.7 Å². The lowest BCUT2D eigenvalue weighted by molar-refractivity contribution is -0.150. The lowest BCUT2D eigenvalue weighted by Crippen LogP contribution is -2.17. The predicted octanol–water partition coefficient (Wildman–Crippen LogP) is 3.95. The Morgan fingerprint density at radius 2 is 1.35 bits per heavy atom. The van der Waals surface area contributed by atoms with E-state index in [2.05, 4.69) is 29.9 Å². The van der Waals surface area contributed by atoms with Crippen molar-refractivity contribution in [1.29, 1.82) is 0 Å². The van der Waals surface area contributed by atoms with Gasteiger partial charge in [-0.15, -0.1) is 0 Å². The van der Waals surface area contributed by atoms with E-state index in [0.29, 0.717) is 0 Å². The topological polar surface area (TPSA) is 69.7 Å². The van der Waals surface area contributed by atoms with Gasteiger partial charge in [-0.1, -0.05) is 54.5 Å². The zero-order valence-corrected chi connectivity index (χ0v) is 15.8. The highest BCUT2D eigenvalue weighted by atomic mass is 16.5. The summed E-state index contributed by atoms with van der Waals surface area (Å²) in [6.45, 7) is 14.8. The number of ether oxygens (including phenoxy) is 2. The van der Waals surface area contributed by atoms with Crippen LogP contribution in [0, 0.1) is 11.8 Å². The highest BCUT2D eigenvalue weighted by molar-refractivity contribution is 5.91. The van der Waals surface area contributed by atoms with Gasteiger partial charge in [0.05, 0.1) is 18.9 Å². The second-order valence-corrected chi connectivity index (χ2v) is 5.13. The van der Waals surface area contributed by atoms with Crippen molar-refractivity contribution in [3.63, 3.8) is 0 Å². The minimum atomic E-state index is -0.326. The number of carbonyl (C=O) groups is 3. The maximum Gasteiger partial charge on any atom is 0.309 e. The quantitative estimate of drug-likeness (QED) is 0.522. The molecule has 0 aliphatic rings. The molecule has 0 saturated heterocycles. The fraction of sp³-hybridized carbons (Fsp3) is 0.722. The van der Waals surface area contributed by atoms with E-state index in [9.17, 15) is 14.4 Å². The zero-order valence-electron chi connectivity index (χ0n) is 15.8. The molecule has 2 unspecified atom stereocenters. The molecule has 136 valence electrons. The van der Waals surface area contributed by atoms with Crippen molar-refractivity contribution in [2.75, 3.05) is 13.7 Å². The summed E-state index contributed by atoms with van der Waals surface area (Å²) in [5.74, 6) is -0.797. The molecule has 0 rings (SSSR count). The van der Waals surface area contributed by atoms with Gasteiger partial charge in [-0.2, -0.15) is 0 Å². The molecule has 0 aliphatic carbocycles. The Bertz CT molecular complexity index is 336. The van der Waals surface area contributed by atoms with Crippen LogP contribution in [-0.4, -0.2) is 31.4 Å². The Kier molecular flexibility index (Phi) is 21.0. The van der Waals surface area contributed by atoms with E-state index in [1.807, 2.05) is 20.8 Å². The van der Waals surface area contributed by atoms with Gasteiger partial charge in [0.25, 0.3) is 0 Å². The summed E-state index contributed by atoms with van der Waals surface area (Å²) in [5, 5.41) is 0. The summed E-state index contributed by atoms with van der Waals surface area (Å²) in [4.78, 5) is 32.1. The van der Waals surface area contributed by atoms with Gasteiger partial charge in [-0.25, -0.2) is 0 Å². The molecule has 5 heteroatoms. The molecule has 0 aliphatic heterocycles. The van der Waals surface area contributed by atoms with Gasteiger partial charge < -0.3 is 9.47 Å². The third-order valence-corrected chi connectivity index (χ3v) is 2.82. The van der Waals surface area contributed by atoms with Gasteiger partial charge in [0.2, 0.25) is 0 Å². The molecule has 23 heavy (non-hydrogen) atoms.